The second kappa shape index (κ2) is 18.6. The highest BCUT2D eigenvalue weighted by molar-refractivity contribution is 6.99. The molecule has 0 bridgehead atoms. The van der Waals surface area contributed by atoms with Crippen LogP contribution in [0.5, 0.6) is 0 Å². The number of carbonyl (C=O) groups is 2. The zero-order valence-electron chi connectivity index (χ0n) is 32.4. The predicted molar refractivity (Wildman–Crippen MR) is 220 cm³/mol. The van der Waals surface area contributed by atoms with Crippen LogP contribution in [0, 0.1) is 0 Å². The van der Waals surface area contributed by atoms with Gasteiger partial charge in [0, 0.05) is 6.42 Å². The molecule has 0 saturated carbocycles. The van der Waals surface area contributed by atoms with Gasteiger partial charge in [0.25, 0.3) is 8.32 Å². The molecule has 1 aliphatic rings. The zero-order chi connectivity index (χ0) is 38.7. The number of benzene rings is 5. The van der Waals surface area contributed by atoms with Crippen molar-refractivity contribution < 1.29 is 28.2 Å². The first-order chi connectivity index (χ1) is 26.7. The van der Waals surface area contributed by atoms with Crippen LogP contribution in [0.3, 0.4) is 0 Å². The molecule has 4 atom stereocenters. The van der Waals surface area contributed by atoms with Crippen LogP contribution in [0.1, 0.15) is 57.2 Å². The van der Waals surface area contributed by atoms with E-state index in [1.54, 1.807) is 11.8 Å². The van der Waals surface area contributed by atoms with Gasteiger partial charge < -0.3 is 23.4 Å². The molecule has 0 unspecified atom stereocenters. The summed E-state index contributed by atoms with van der Waals surface area (Å²) in [5.41, 5.74) is 2.88. The van der Waals surface area contributed by atoms with Gasteiger partial charge in [0.05, 0.1) is 31.9 Å². The van der Waals surface area contributed by atoms with Crippen LogP contribution >= 0.6 is 0 Å². The Morgan fingerprint density at radius 1 is 0.582 bits per heavy atom. The maximum atomic E-state index is 14.6. The SMILES string of the molecule is CC(=O)CC[C@@H]1[C@@H](OCc2ccccc2)[C@H](OCc2ccccc2)[C@@H](CO[Si](c2ccccc2)(c2ccccc2)C(C)(C)C)N1C(=O)OCc1ccccc1. The number of hydrogen-bond donors (Lipinski definition) is 0. The zero-order valence-corrected chi connectivity index (χ0v) is 33.4. The van der Waals surface area contributed by atoms with Gasteiger partial charge in [0.2, 0.25) is 0 Å². The summed E-state index contributed by atoms with van der Waals surface area (Å²) in [7, 11) is -3.05. The molecule has 0 N–H and O–H groups in total. The van der Waals surface area contributed by atoms with Gasteiger partial charge in [-0.05, 0) is 45.4 Å². The molecule has 5 aromatic rings. The van der Waals surface area contributed by atoms with Crippen molar-refractivity contribution in [3.8, 4) is 0 Å². The molecule has 1 fully saturated rings. The van der Waals surface area contributed by atoms with E-state index >= 15 is 0 Å². The van der Waals surface area contributed by atoms with Gasteiger partial charge in [-0.15, -0.1) is 0 Å². The van der Waals surface area contributed by atoms with Gasteiger partial charge in [0.15, 0.2) is 0 Å². The fraction of sp³-hybridized carbons (Fsp3) is 0.319. The van der Waals surface area contributed by atoms with Crippen molar-refractivity contribution in [1.29, 1.82) is 0 Å². The van der Waals surface area contributed by atoms with Gasteiger partial charge >= 0.3 is 6.09 Å². The minimum absolute atomic E-state index is 0.0354. The van der Waals surface area contributed by atoms with E-state index < -0.39 is 38.7 Å². The number of likely N-dealkylation sites (tertiary alicyclic amines) is 1. The van der Waals surface area contributed by atoms with Crippen LogP contribution in [-0.2, 0) is 43.3 Å². The lowest BCUT2D eigenvalue weighted by Crippen LogP contribution is -2.67. The summed E-state index contributed by atoms with van der Waals surface area (Å²) in [5, 5.41) is 1.97. The van der Waals surface area contributed by atoms with E-state index in [9.17, 15) is 9.59 Å². The summed E-state index contributed by atoms with van der Waals surface area (Å²) in [6, 6.07) is 49.5. The van der Waals surface area contributed by atoms with Crippen molar-refractivity contribution in [2.75, 3.05) is 6.61 Å². The highest BCUT2D eigenvalue weighted by Crippen LogP contribution is 2.40. The summed E-state index contributed by atoms with van der Waals surface area (Å²) in [6.07, 6.45) is -1.03. The third-order valence-corrected chi connectivity index (χ3v) is 15.5. The van der Waals surface area contributed by atoms with Crippen LogP contribution in [-0.4, -0.2) is 56.0 Å². The first-order valence-electron chi connectivity index (χ1n) is 19.2. The van der Waals surface area contributed by atoms with E-state index in [-0.39, 0.29) is 30.5 Å². The Labute approximate surface area is 327 Å². The van der Waals surface area contributed by atoms with Crippen molar-refractivity contribution in [2.24, 2.45) is 0 Å². The standard InChI is InChI=1S/C47H53NO6Si/c1-36(49)30-31-42-44(51-32-37-20-10-5-11-21-37)45(52-33-38-22-12-6-13-23-38)43(48(42)46(50)53-34-39-24-14-7-15-25-39)35-54-55(47(2,3)4,40-26-16-8-17-27-40)41-28-18-9-19-29-41/h5-29,42-45H,30-35H2,1-4H3/t42-,43-,44-,45-/m1/s1. The van der Waals surface area contributed by atoms with Gasteiger partial charge in [-0.1, -0.05) is 172 Å². The van der Waals surface area contributed by atoms with Crippen molar-refractivity contribution in [3.63, 3.8) is 0 Å². The molecule has 0 aromatic heterocycles. The average Bonchev–Trinajstić information content (AvgIpc) is 3.50. The fourth-order valence-corrected chi connectivity index (χ4v) is 12.4. The molecule has 1 aliphatic heterocycles. The molecule has 5 aromatic carbocycles. The molecule has 1 saturated heterocycles. The van der Waals surface area contributed by atoms with Crippen molar-refractivity contribution in [2.45, 2.75) is 89.7 Å². The van der Waals surface area contributed by atoms with Gasteiger partial charge in [-0.3, -0.25) is 4.90 Å². The highest BCUT2D eigenvalue weighted by Gasteiger charge is 2.56. The lowest BCUT2D eigenvalue weighted by Gasteiger charge is -2.44. The molecule has 0 aliphatic carbocycles. The lowest BCUT2D eigenvalue weighted by atomic mass is 10.0. The van der Waals surface area contributed by atoms with E-state index in [0.29, 0.717) is 19.6 Å². The van der Waals surface area contributed by atoms with Crippen molar-refractivity contribution in [1.82, 2.24) is 4.90 Å². The first kappa shape index (κ1) is 39.8. The van der Waals surface area contributed by atoms with Crippen LogP contribution in [0.2, 0.25) is 5.04 Å². The topological polar surface area (TPSA) is 74.3 Å². The maximum Gasteiger partial charge on any atom is 0.410 e. The monoisotopic (exact) mass is 755 g/mol. The van der Waals surface area contributed by atoms with Crippen LogP contribution in [0.15, 0.2) is 152 Å². The Bertz CT molecular complexity index is 1880. The van der Waals surface area contributed by atoms with Crippen LogP contribution < -0.4 is 10.4 Å². The van der Waals surface area contributed by atoms with E-state index in [1.807, 2.05) is 103 Å². The molecule has 6 rings (SSSR count). The molecule has 1 amide bonds. The summed E-state index contributed by atoms with van der Waals surface area (Å²) in [5.74, 6) is 0.0354. The molecule has 7 nitrogen and oxygen atoms in total. The molecule has 0 spiro atoms. The minimum atomic E-state index is -3.05. The summed E-state index contributed by atoms with van der Waals surface area (Å²) >= 11 is 0. The van der Waals surface area contributed by atoms with E-state index in [4.69, 9.17) is 18.6 Å². The van der Waals surface area contributed by atoms with E-state index in [0.717, 1.165) is 27.1 Å². The summed E-state index contributed by atoms with van der Waals surface area (Å²) in [4.78, 5) is 29.0. The Kier molecular flexibility index (Phi) is 13.5. The molecule has 0 radical (unpaired) electrons. The number of ether oxygens (including phenoxy) is 3. The van der Waals surface area contributed by atoms with Gasteiger partial charge in [0.1, 0.15) is 24.6 Å². The Morgan fingerprint density at radius 2 is 0.982 bits per heavy atom. The number of Topliss-reactive ketones (excluding diaryl/α,β-unsaturated/α-hetero) is 1. The molecule has 8 heteroatoms. The van der Waals surface area contributed by atoms with Crippen molar-refractivity contribution in [3.05, 3.63) is 168 Å². The third kappa shape index (κ3) is 9.69. The minimum Gasteiger partial charge on any atom is -0.445 e. The number of nitrogens with zero attached hydrogens (tertiary/aromatic N) is 1. The molecule has 55 heavy (non-hydrogen) atoms. The van der Waals surface area contributed by atoms with Crippen LogP contribution in [0.4, 0.5) is 4.79 Å². The largest absolute Gasteiger partial charge is 0.445 e. The highest BCUT2D eigenvalue weighted by atomic mass is 28.4. The Balaban J connectivity index is 1.45. The molecule has 1 heterocycles. The number of carbonyl (C=O) groups excluding carboxylic acids is 2. The predicted octanol–water partition coefficient (Wildman–Crippen LogP) is 8.49. The summed E-state index contributed by atoms with van der Waals surface area (Å²) in [6.45, 7) is 9.18. The normalized spacial score (nSPS) is 18.6. The smallest absolute Gasteiger partial charge is 0.410 e. The second-order valence-electron chi connectivity index (χ2n) is 15.3. The van der Waals surface area contributed by atoms with Gasteiger partial charge in [-0.25, -0.2) is 4.79 Å². The van der Waals surface area contributed by atoms with Crippen molar-refractivity contribution >= 4 is 30.6 Å². The number of amides is 1. The second-order valence-corrected chi connectivity index (χ2v) is 19.6. The average molecular weight is 756 g/mol. The first-order valence-corrected chi connectivity index (χ1v) is 21.1. The Morgan fingerprint density at radius 3 is 1.40 bits per heavy atom. The van der Waals surface area contributed by atoms with Crippen LogP contribution in [0.25, 0.3) is 0 Å². The fourth-order valence-electron chi connectivity index (χ4n) is 7.81. The Hall–Kier alpha value is -4.86. The molecule has 286 valence electrons. The molecular formula is C47H53NO6Si. The summed E-state index contributed by atoms with van der Waals surface area (Å²) < 4.78 is 27.4. The lowest BCUT2D eigenvalue weighted by molar-refractivity contribution is -0.117. The van der Waals surface area contributed by atoms with Gasteiger partial charge in [-0.2, -0.15) is 0 Å². The number of ketones is 1. The van der Waals surface area contributed by atoms with E-state index in [1.165, 1.54) is 0 Å². The molecular weight excluding hydrogens is 703 g/mol. The maximum absolute atomic E-state index is 14.6. The van der Waals surface area contributed by atoms with E-state index in [2.05, 4.69) is 69.3 Å². The number of hydrogen-bond acceptors (Lipinski definition) is 6. The number of rotatable bonds is 16. The third-order valence-electron chi connectivity index (χ3n) is 10.5. The quantitative estimate of drug-likeness (QED) is 0.0942.